The van der Waals surface area contributed by atoms with Gasteiger partial charge in [-0.1, -0.05) is 16.8 Å². The molecule has 15 heavy (non-hydrogen) atoms. The number of alkyl halides is 2. The molecule has 1 rings (SSSR count). The second-order valence-corrected chi connectivity index (χ2v) is 2.83. The Morgan fingerprint density at radius 2 is 2.33 bits per heavy atom. The second-order valence-electron chi connectivity index (χ2n) is 2.47. The van der Waals surface area contributed by atoms with E-state index >= 15 is 0 Å². The molecule has 0 aromatic carbocycles. The fraction of sp³-hybridized carbons (Fsp3) is 0.250. The Bertz CT molecular complexity index is 343. The third-order valence-corrected chi connectivity index (χ3v) is 1.68. The molecule has 0 saturated carbocycles. The van der Waals surface area contributed by atoms with Crippen LogP contribution in [0.4, 0.5) is 8.78 Å². The summed E-state index contributed by atoms with van der Waals surface area (Å²) in [6.07, 6.45) is -1.32. The first-order valence-corrected chi connectivity index (χ1v) is 4.26. The molecule has 1 heterocycles. The molecule has 0 spiro atoms. The number of ether oxygens (including phenoxy) is 1. The molecule has 4 nitrogen and oxygen atoms in total. The molecule has 7 heteroatoms. The van der Waals surface area contributed by atoms with Crippen molar-refractivity contribution in [3.05, 3.63) is 24.0 Å². The van der Waals surface area contributed by atoms with Gasteiger partial charge in [-0.3, -0.25) is 0 Å². The normalized spacial score (nSPS) is 11.9. The van der Waals surface area contributed by atoms with Gasteiger partial charge in [-0.2, -0.15) is 0 Å². The molecule has 82 valence electrons. The highest BCUT2D eigenvalue weighted by Gasteiger charge is 2.05. The number of pyridine rings is 1. The van der Waals surface area contributed by atoms with Crippen LogP contribution in [0.1, 0.15) is 5.69 Å². The Morgan fingerprint density at radius 3 is 2.80 bits per heavy atom. The number of oxime groups is 1. The molecule has 0 amide bonds. The number of nitrogens with zero attached hydrogens (tertiary/aromatic N) is 2. The molecule has 0 aliphatic carbocycles. The Kier molecular flexibility index (Phi) is 4.23. The highest BCUT2D eigenvalue weighted by atomic mass is 35.5. The zero-order valence-corrected chi connectivity index (χ0v) is 8.16. The predicted octanol–water partition coefficient (Wildman–Crippen LogP) is 2.10. The smallest absolute Gasteiger partial charge is 0.272 e. The van der Waals surface area contributed by atoms with E-state index in [-0.39, 0.29) is 16.6 Å². The molecule has 1 aromatic heterocycles. The van der Waals surface area contributed by atoms with Gasteiger partial charge in [0.1, 0.15) is 18.1 Å². The van der Waals surface area contributed by atoms with E-state index in [2.05, 4.69) is 14.9 Å². The minimum absolute atomic E-state index is 0.185. The first-order valence-electron chi connectivity index (χ1n) is 3.88. The van der Waals surface area contributed by atoms with Crippen LogP contribution in [0.2, 0.25) is 0 Å². The van der Waals surface area contributed by atoms with Crippen molar-refractivity contribution in [3.63, 3.8) is 0 Å². The minimum Gasteiger partial charge on any atom is -0.486 e. The average molecular weight is 237 g/mol. The lowest BCUT2D eigenvalue weighted by Gasteiger charge is -2.04. The van der Waals surface area contributed by atoms with Crippen LogP contribution in [0.25, 0.3) is 0 Å². The van der Waals surface area contributed by atoms with E-state index in [1.54, 1.807) is 0 Å². The van der Waals surface area contributed by atoms with Crippen LogP contribution in [0.3, 0.4) is 0 Å². The van der Waals surface area contributed by atoms with Crippen LogP contribution < -0.4 is 4.74 Å². The van der Waals surface area contributed by atoms with Gasteiger partial charge in [-0.15, -0.1) is 0 Å². The lowest BCUT2D eigenvalue weighted by Crippen LogP contribution is -2.07. The second kappa shape index (κ2) is 5.45. The fourth-order valence-electron chi connectivity index (χ4n) is 0.798. The van der Waals surface area contributed by atoms with Crippen molar-refractivity contribution in [1.29, 1.82) is 0 Å². The summed E-state index contributed by atoms with van der Waals surface area (Å²) in [7, 11) is 0. The lowest BCUT2D eigenvalue weighted by atomic mass is 10.3. The molecule has 0 radical (unpaired) electrons. The number of halogens is 3. The predicted molar refractivity (Wildman–Crippen MR) is 49.9 cm³/mol. The van der Waals surface area contributed by atoms with E-state index in [1.807, 2.05) is 0 Å². The van der Waals surface area contributed by atoms with E-state index < -0.39 is 13.0 Å². The molecule has 1 N–H and O–H groups in total. The SMILES string of the molecule is O/N=C(/Cl)c1ccc(OCC(F)F)cn1. The van der Waals surface area contributed by atoms with E-state index in [0.29, 0.717) is 0 Å². The molecular formula is C8H7ClF2N2O2. The van der Waals surface area contributed by atoms with Gasteiger partial charge in [-0.05, 0) is 12.1 Å². The zero-order chi connectivity index (χ0) is 11.3. The van der Waals surface area contributed by atoms with Gasteiger partial charge in [-0.25, -0.2) is 13.8 Å². The highest BCUT2D eigenvalue weighted by molar-refractivity contribution is 6.69. The summed E-state index contributed by atoms with van der Waals surface area (Å²) in [4.78, 5) is 3.73. The molecule has 0 aliphatic rings. The monoisotopic (exact) mass is 236 g/mol. The first kappa shape index (κ1) is 11.6. The van der Waals surface area contributed by atoms with Gasteiger partial charge in [0.05, 0.1) is 6.20 Å². The highest BCUT2D eigenvalue weighted by Crippen LogP contribution is 2.11. The lowest BCUT2D eigenvalue weighted by molar-refractivity contribution is 0.0817. The standard InChI is InChI=1S/C8H7ClF2N2O2/c9-8(13-14)6-2-1-5(3-12-6)15-4-7(10)11/h1-3,7,14H,4H2/b13-8+. The Hall–Kier alpha value is -1.43. The molecule has 0 atom stereocenters. The van der Waals surface area contributed by atoms with Crippen LogP contribution in [-0.2, 0) is 0 Å². The summed E-state index contributed by atoms with van der Waals surface area (Å²) in [6.45, 7) is -0.692. The van der Waals surface area contributed by atoms with Crippen molar-refractivity contribution < 1.29 is 18.7 Å². The maximum atomic E-state index is 11.8. The number of aromatic nitrogens is 1. The van der Waals surface area contributed by atoms with Crippen molar-refractivity contribution in [1.82, 2.24) is 4.98 Å². The first-order chi connectivity index (χ1) is 7.13. The third-order valence-electron chi connectivity index (χ3n) is 1.41. The summed E-state index contributed by atoms with van der Waals surface area (Å²) in [6, 6.07) is 2.79. The van der Waals surface area contributed by atoms with E-state index in [0.717, 1.165) is 0 Å². The van der Waals surface area contributed by atoms with Crippen molar-refractivity contribution in [3.8, 4) is 5.75 Å². The van der Waals surface area contributed by atoms with Gasteiger partial charge in [0.15, 0.2) is 5.17 Å². The summed E-state index contributed by atoms with van der Waals surface area (Å²) in [5, 5.41) is 10.9. The summed E-state index contributed by atoms with van der Waals surface area (Å²) >= 11 is 5.45. The summed E-state index contributed by atoms with van der Waals surface area (Å²) in [5.74, 6) is 0.196. The van der Waals surface area contributed by atoms with Gasteiger partial charge >= 0.3 is 0 Å². The van der Waals surface area contributed by atoms with Crippen molar-refractivity contribution in [2.24, 2.45) is 5.16 Å². The number of hydrogen-bond donors (Lipinski definition) is 1. The molecule has 0 saturated heterocycles. The average Bonchev–Trinajstić information content (AvgIpc) is 2.26. The molecule has 1 aromatic rings. The van der Waals surface area contributed by atoms with E-state index in [9.17, 15) is 8.78 Å². The number of rotatable bonds is 4. The van der Waals surface area contributed by atoms with Gasteiger partial charge in [0, 0.05) is 0 Å². The van der Waals surface area contributed by atoms with Crippen LogP contribution in [0.15, 0.2) is 23.5 Å². The summed E-state index contributed by atoms with van der Waals surface area (Å²) < 4.78 is 28.2. The Balaban J connectivity index is 2.64. The minimum atomic E-state index is -2.53. The quantitative estimate of drug-likeness (QED) is 0.495. The Labute approximate surface area is 89.1 Å². The van der Waals surface area contributed by atoms with Gasteiger partial charge in [0.25, 0.3) is 6.43 Å². The van der Waals surface area contributed by atoms with Crippen LogP contribution in [0.5, 0.6) is 5.75 Å². The van der Waals surface area contributed by atoms with Crippen molar-refractivity contribution >= 4 is 16.8 Å². The van der Waals surface area contributed by atoms with Crippen molar-refractivity contribution in [2.45, 2.75) is 6.43 Å². The largest absolute Gasteiger partial charge is 0.486 e. The molecule has 0 unspecified atom stereocenters. The maximum Gasteiger partial charge on any atom is 0.272 e. The van der Waals surface area contributed by atoms with Gasteiger partial charge < -0.3 is 9.94 Å². The maximum absolute atomic E-state index is 11.8. The fourth-order valence-corrected chi connectivity index (χ4v) is 0.910. The molecule has 0 bridgehead atoms. The zero-order valence-electron chi connectivity index (χ0n) is 7.40. The van der Waals surface area contributed by atoms with Crippen LogP contribution in [0, 0.1) is 0 Å². The number of hydrogen-bond acceptors (Lipinski definition) is 4. The topological polar surface area (TPSA) is 54.7 Å². The van der Waals surface area contributed by atoms with E-state index in [1.165, 1.54) is 18.3 Å². The molecular weight excluding hydrogens is 230 g/mol. The summed E-state index contributed by atoms with van der Waals surface area (Å²) in [5.41, 5.74) is 0.226. The molecule has 0 aliphatic heterocycles. The third kappa shape index (κ3) is 3.67. The van der Waals surface area contributed by atoms with Crippen LogP contribution in [-0.4, -0.2) is 28.4 Å². The van der Waals surface area contributed by atoms with Crippen LogP contribution >= 0.6 is 11.6 Å². The van der Waals surface area contributed by atoms with Gasteiger partial charge in [0.2, 0.25) is 0 Å². The Morgan fingerprint density at radius 1 is 1.60 bits per heavy atom. The van der Waals surface area contributed by atoms with Crippen molar-refractivity contribution in [2.75, 3.05) is 6.61 Å². The van der Waals surface area contributed by atoms with E-state index in [4.69, 9.17) is 16.8 Å². The molecule has 0 fully saturated rings.